The van der Waals surface area contributed by atoms with Crippen molar-refractivity contribution in [2.45, 2.75) is 19.3 Å². The highest BCUT2D eigenvalue weighted by Crippen LogP contribution is 2.31. The van der Waals surface area contributed by atoms with Crippen LogP contribution in [0.25, 0.3) is 0 Å². The van der Waals surface area contributed by atoms with Crippen LogP contribution in [0.3, 0.4) is 0 Å². The van der Waals surface area contributed by atoms with Crippen LogP contribution in [0.1, 0.15) is 18.4 Å². The van der Waals surface area contributed by atoms with E-state index < -0.39 is 0 Å². The number of benzene rings is 2. The number of halogens is 2. The summed E-state index contributed by atoms with van der Waals surface area (Å²) in [7, 11) is 0. The van der Waals surface area contributed by atoms with Gasteiger partial charge >= 0.3 is 0 Å². The largest absolute Gasteiger partial charge is 0.370 e. The summed E-state index contributed by atoms with van der Waals surface area (Å²) in [5.74, 6) is -0.0719. The second-order valence-electron chi connectivity index (χ2n) is 5.71. The van der Waals surface area contributed by atoms with Crippen LogP contribution in [-0.2, 0) is 11.2 Å². The van der Waals surface area contributed by atoms with Crippen LogP contribution in [0.4, 0.5) is 11.4 Å². The number of nitrogens with one attached hydrogen (secondary N) is 1. The van der Waals surface area contributed by atoms with Crippen LogP contribution in [0.5, 0.6) is 0 Å². The Morgan fingerprint density at radius 1 is 1.04 bits per heavy atom. The van der Waals surface area contributed by atoms with Gasteiger partial charge in [-0.15, -0.1) is 0 Å². The Kier molecular flexibility index (Phi) is 5.09. The summed E-state index contributed by atoms with van der Waals surface area (Å²) in [5.41, 5.74) is 2.68. The van der Waals surface area contributed by atoms with Gasteiger partial charge in [0.15, 0.2) is 0 Å². The Labute approximate surface area is 146 Å². The van der Waals surface area contributed by atoms with Crippen LogP contribution in [0.2, 0.25) is 10.0 Å². The summed E-state index contributed by atoms with van der Waals surface area (Å²) in [6.45, 7) is 2.09. The molecular formula is C18H18Cl2N2O. The Morgan fingerprint density at radius 3 is 2.39 bits per heavy atom. The van der Waals surface area contributed by atoms with E-state index in [4.69, 9.17) is 23.2 Å². The number of carbonyl (C=O) groups excluding carboxylic acids is 1. The van der Waals surface area contributed by atoms with Gasteiger partial charge in [-0.1, -0.05) is 35.3 Å². The molecule has 0 spiro atoms. The van der Waals surface area contributed by atoms with E-state index in [0.29, 0.717) is 16.5 Å². The first-order chi connectivity index (χ1) is 11.1. The number of nitrogens with zero attached hydrogens (tertiary/aromatic N) is 1. The van der Waals surface area contributed by atoms with Gasteiger partial charge in [0.05, 0.1) is 17.1 Å². The molecule has 1 fully saturated rings. The Hall–Kier alpha value is -1.71. The molecule has 1 amide bonds. The van der Waals surface area contributed by atoms with Gasteiger partial charge in [-0.05, 0) is 48.7 Å². The van der Waals surface area contributed by atoms with Crippen molar-refractivity contribution >= 4 is 40.5 Å². The number of hydrogen-bond acceptors (Lipinski definition) is 2. The number of carbonyl (C=O) groups is 1. The summed E-state index contributed by atoms with van der Waals surface area (Å²) in [4.78, 5) is 14.4. The third-order valence-electron chi connectivity index (χ3n) is 3.96. The molecule has 1 saturated heterocycles. The molecule has 0 bridgehead atoms. The van der Waals surface area contributed by atoms with E-state index in [1.165, 1.54) is 12.8 Å². The summed E-state index contributed by atoms with van der Waals surface area (Å²) in [6.07, 6.45) is 2.72. The second-order valence-corrected chi connectivity index (χ2v) is 6.56. The molecule has 0 atom stereocenters. The van der Waals surface area contributed by atoms with Gasteiger partial charge in [0.2, 0.25) is 5.91 Å². The first-order valence-electron chi connectivity index (χ1n) is 7.70. The molecule has 3 rings (SSSR count). The average Bonchev–Trinajstić information content (AvgIpc) is 3.04. The zero-order valence-electron chi connectivity index (χ0n) is 12.7. The normalized spacial score (nSPS) is 14.1. The molecule has 1 heterocycles. The molecule has 5 heteroatoms. The molecule has 0 unspecified atom stereocenters. The lowest BCUT2D eigenvalue weighted by Crippen LogP contribution is -2.18. The van der Waals surface area contributed by atoms with Crippen molar-refractivity contribution < 1.29 is 4.79 Å². The summed E-state index contributed by atoms with van der Waals surface area (Å²) < 4.78 is 0. The molecule has 3 nitrogen and oxygen atoms in total. The molecule has 1 aliphatic heterocycles. The fraction of sp³-hybridized carbons (Fsp3) is 0.278. The molecule has 0 radical (unpaired) electrons. The van der Waals surface area contributed by atoms with Crippen LogP contribution >= 0.6 is 23.2 Å². The summed E-state index contributed by atoms with van der Waals surface area (Å²) >= 11 is 12.2. The molecule has 2 aromatic carbocycles. The minimum Gasteiger partial charge on any atom is -0.370 e. The van der Waals surface area contributed by atoms with Crippen molar-refractivity contribution in [1.29, 1.82) is 0 Å². The van der Waals surface area contributed by atoms with Crippen molar-refractivity contribution in [3.8, 4) is 0 Å². The highest BCUT2D eigenvalue weighted by atomic mass is 35.5. The van der Waals surface area contributed by atoms with Gasteiger partial charge in [-0.2, -0.15) is 0 Å². The average molecular weight is 349 g/mol. The quantitative estimate of drug-likeness (QED) is 0.862. The van der Waals surface area contributed by atoms with E-state index in [1.807, 2.05) is 30.3 Å². The molecule has 2 aromatic rings. The van der Waals surface area contributed by atoms with E-state index >= 15 is 0 Å². The number of amides is 1. The zero-order valence-corrected chi connectivity index (χ0v) is 14.2. The standard InChI is InChI=1S/C18H18Cl2N2O/c19-14-5-3-13(4-6-14)11-18(23)21-15-7-8-17(16(20)12-15)22-9-1-2-10-22/h3-8,12H,1-2,9-11H2,(H,21,23). The monoisotopic (exact) mass is 348 g/mol. The van der Waals surface area contributed by atoms with E-state index in [9.17, 15) is 4.79 Å². The van der Waals surface area contributed by atoms with Crippen LogP contribution < -0.4 is 10.2 Å². The lowest BCUT2D eigenvalue weighted by atomic mass is 10.1. The highest BCUT2D eigenvalue weighted by Gasteiger charge is 2.15. The highest BCUT2D eigenvalue weighted by molar-refractivity contribution is 6.33. The Morgan fingerprint density at radius 2 is 1.74 bits per heavy atom. The predicted molar refractivity (Wildman–Crippen MR) is 96.7 cm³/mol. The van der Waals surface area contributed by atoms with Gasteiger partial charge in [-0.25, -0.2) is 0 Å². The molecular weight excluding hydrogens is 331 g/mol. The van der Waals surface area contributed by atoms with Crippen molar-refractivity contribution in [3.05, 3.63) is 58.1 Å². The minimum atomic E-state index is -0.0719. The SMILES string of the molecule is O=C(Cc1ccc(Cl)cc1)Nc1ccc(N2CCCC2)c(Cl)c1. The number of hydrogen-bond donors (Lipinski definition) is 1. The van der Waals surface area contributed by atoms with Crippen LogP contribution in [0, 0.1) is 0 Å². The van der Waals surface area contributed by atoms with Crippen molar-refractivity contribution in [3.63, 3.8) is 0 Å². The van der Waals surface area contributed by atoms with Gasteiger partial charge in [0, 0.05) is 23.8 Å². The first-order valence-corrected chi connectivity index (χ1v) is 8.46. The third-order valence-corrected chi connectivity index (χ3v) is 4.51. The molecule has 0 aromatic heterocycles. The molecule has 1 aliphatic rings. The maximum absolute atomic E-state index is 12.1. The summed E-state index contributed by atoms with van der Waals surface area (Å²) in [6, 6.07) is 13.0. The smallest absolute Gasteiger partial charge is 0.228 e. The third kappa shape index (κ3) is 4.18. The van der Waals surface area contributed by atoms with E-state index in [0.717, 1.165) is 30.0 Å². The zero-order chi connectivity index (χ0) is 16.2. The maximum Gasteiger partial charge on any atom is 0.228 e. The fourth-order valence-electron chi connectivity index (χ4n) is 2.79. The predicted octanol–water partition coefficient (Wildman–Crippen LogP) is 4.77. The molecule has 120 valence electrons. The van der Waals surface area contributed by atoms with Crippen LogP contribution in [-0.4, -0.2) is 19.0 Å². The first kappa shape index (κ1) is 16.2. The van der Waals surface area contributed by atoms with Gasteiger partial charge < -0.3 is 10.2 Å². The van der Waals surface area contributed by atoms with Gasteiger partial charge in [-0.3, -0.25) is 4.79 Å². The van der Waals surface area contributed by atoms with E-state index in [2.05, 4.69) is 10.2 Å². The Balaban J connectivity index is 1.64. The van der Waals surface area contributed by atoms with Crippen molar-refractivity contribution in [2.75, 3.05) is 23.3 Å². The Bertz CT molecular complexity index is 695. The van der Waals surface area contributed by atoms with Crippen molar-refractivity contribution in [2.24, 2.45) is 0 Å². The van der Waals surface area contributed by atoms with Gasteiger partial charge in [0.25, 0.3) is 0 Å². The maximum atomic E-state index is 12.1. The molecule has 23 heavy (non-hydrogen) atoms. The lowest BCUT2D eigenvalue weighted by molar-refractivity contribution is -0.115. The number of anilines is 2. The molecule has 0 aliphatic carbocycles. The van der Waals surface area contributed by atoms with Crippen molar-refractivity contribution in [1.82, 2.24) is 0 Å². The van der Waals surface area contributed by atoms with E-state index in [-0.39, 0.29) is 5.91 Å². The molecule has 1 N–H and O–H groups in total. The summed E-state index contributed by atoms with van der Waals surface area (Å²) in [5, 5.41) is 4.23. The minimum absolute atomic E-state index is 0.0719. The molecule has 0 saturated carbocycles. The fourth-order valence-corrected chi connectivity index (χ4v) is 3.22. The lowest BCUT2D eigenvalue weighted by Gasteiger charge is -2.19. The van der Waals surface area contributed by atoms with Gasteiger partial charge in [0.1, 0.15) is 0 Å². The number of rotatable bonds is 4. The van der Waals surface area contributed by atoms with E-state index in [1.54, 1.807) is 12.1 Å². The topological polar surface area (TPSA) is 32.3 Å². The second kappa shape index (κ2) is 7.24. The van der Waals surface area contributed by atoms with Crippen LogP contribution in [0.15, 0.2) is 42.5 Å².